The van der Waals surface area contributed by atoms with Crippen LogP contribution in [0.1, 0.15) is 15.9 Å². The highest BCUT2D eigenvalue weighted by Gasteiger charge is 2.14. The zero-order chi connectivity index (χ0) is 18.6. The molecule has 27 heavy (non-hydrogen) atoms. The summed E-state index contributed by atoms with van der Waals surface area (Å²) in [6, 6.07) is 11.4. The number of piperazine rings is 1. The quantitative estimate of drug-likeness (QED) is 0.536. The highest BCUT2D eigenvalue weighted by atomic mass is 16.3. The van der Waals surface area contributed by atoms with Crippen molar-refractivity contribution >= 4 is 17.3 Å². The van der Waals surface area contributed by atoms with Gasteiger partial charge in [0.05, 0.1) is 12.5 Å². The Morgan fingerprint density at radius 3 is 2.70 bits per heavy atom. The topological polar surface area (TPSA) is 84.4 Å². The van der Waals surface area contributed by atoms with Crippen molar-refractivity contribution in [1.29, 1.82) is 0 Å². The maximum atomic E-state index is 12.7. The maximum Gasteiger partial charge on any atom is 0.168 e. The van der Waals surface area contributed by atoms with E-state index in [4.69, 9.17) is 10.2 Å². The van der Waals surface area contributed by atoms with Gasteiger partial charge in [-0.3, -0.25) is 4.79 Å². The normalized spacial score (nSPS) is 14.3. The highest BCUT2D eigenvalue weighted by molar-refractivity contribution is 5.98. The van der Waals surface area contributed by atoms with Crippen LogP contribution in [0.25, 0.3) is 11.1 Å². The van der Waals surface area contributed by atoms with Gasteiger partial charge in [0.15, 0.2) is 5.78 Å². The molecular formula is C21H22N4O2. The molecule has 6 nitrogen and oxygen atoms in total. The molecule has 0 amide bonds. The van der Waals surface area contributed by atoms with E-state index in [1.165, 1.54) is 0 Å². The van der Waals surface area contributed by atoms with E-state index in [2.05, 4.69) is 15.2 Å². The summed E-state index contributed by atoms with van der Waals surface area (Å²) in [5.74, 6) is 0.917. The van der Waals surface area contributed by atoms with Crippen molar-refractivity contribution in [2.24, 2.45) is 0 Å². The van der Waals surface area contributed by atoms with Gasteiger partial charge in [-0.15, -0.1) is 0 Å². The summed E-state index contributed by atoms with van der Waals surface area (Å²) in [7, 11) is 0. The molecule has 0 atom stereocenters. The van der Waals surface area contributed by atoms with E-state index in [9.17, 15) is 4.79 Å². The number of Topliss-reactive ketones (excluding diaryl/α,β-unsaturated/α-hetero) is 1. The Hall–Kier alpha value is -3.12. The summed E-state index contributed by atoms with van der Waals surface area (Å²) in [4.78, 5) is 19.4. The molecule has 4 rings (SSSR count). The molecule has 138 valence electrons. The van der Waals surface area contributed by atoms with Crippen LogP contribution in [0, 0.1) is 0 Å². The van der Waals surface area contributed by atoms with E-state index < -0.39 is 0 Å². The van der Waals surface area contributed by atoms with Crippen molar-refractivity contribution in [1.82, 2.24) is 10.3 Å². The molecule has 1 aromatic carbocycles. The number of carbonyl (C=O) groups excluding carboxylic acids is 1. The second kappa shape index (κ2) is 7.63. The van der Waals surface area contributed by atoms with Crippen LogP contribution in [0.4, 0.5) is 11.5 Å². The Morgan fingerprint density at radius 1 is 1.15 bits per heavy atom. The molecule has 0 saturated carbocycles. The summed E-state index contributed by atoms with van der Waals surface area (Å²) < 4.78 is 5.14. The van der Waals surface area contributed by atoms with Crippen LogP contribution < -0.4 is 16.0 Å². The molecule has 1 fully saturated rings. The molecule has 0 radical (unpaired) electrons. The number of pyridine rings is 1. The van der Waals surface area contributed by atoms with Crippen LogP contribution in [0.5, 0.6) is 0 Å². The molecule has 6 heteroatoms. The van der Waals surface area contributed by atoms with E-state index in [1.807, 2.05) is 36.4 Å². The fraction of sp³-hybridized carbons (Fsp3) is 0.238. The molecule has 3 heterocycles. The summed E-state index contributed by atoms with van der Waals surface area (Å²) in [6.45, 7) is 3.76. The highest BCUT2D eigenvalue weighted by Crippen LogP contribution is 2.25. The molecule has 2 aromatic heterocycles. The molecule has 1 aliphatic heterocycles. The van der Waals surface area contributed by atoms with Gasteiger partial charge in [0.2, 0.25) is 0 Å². The first-order valence-corrected chi connectivity index (χ1v) is 9.06. The third-order valence-corrected chi connectivity index (χ3v) is 4.86. The van der Waals surface area contributed by atoms with Crippen molar-refractivity contribution < 1.29 is 9.21 Å². The summed E-state index contributed by atoms with van der Waals surface area (Å²) in [5, 5.41) is 3.32. The smallest absolute Gasteiger partial charge is 0.168 e. The standard InChI is InChI=1S/C21H22N4O2/c22-19-3-1-15(17-5-10-27-14-17)11-18(19)12-20(26)16-2-4-21(24-13-16)25-8-6-23-7-9-25/h1-5,10-11,13-14,23H,6-9,12,22H2. The molecular weight excluding hydrogens is 340 g/mol. The largest absolute Gasteiger partial charge is 0.472 e. The lowest BCUT2D eigenvalue weighted by Gasteiger charge is -2.28. The van der Waals surface area contributed by atoms with Gasteiger partial charge < -0.3 is 20.4 Å². The van der Waals surface area contributed by atoms with Crippen molar-refractivity contribution in [2.75, 3.05) is 36.8 Å². The summed E-state index contributed by atoms with van der Waals surface area (Å²) in [6.07, 6.45) is 5.21. The predicted octanol–water partition coefficient (Wildman–Crippen LogP) is 2.76. The van der Waals surface area contributed by atoms with Crippen LogP contribution in [0.15, 0.2) is 59.5 Å². The maximum absolute atomic E-state index is 12.7. The monoisotopic (exact) mass is 362 g/mol. The number of carbonyl (C=O) groups is 1. The molecule has 0 spiro atoms. The molecule has 3 N–H and O–H groups in total. The number of nitrogens with one attached hydrogen (secondary N) is 1. The van der Waals surface area contributed by atoms with Crippen molar-refractivity contribution in [3.05, 3.63) is 66.2 Å². The lowest BCUT2D eigenvalue weighted by atomic mass is 9.98. The van der Waals surface area contributed by atoms with E-state index in [-0.39, 0.29) is 12.2 Å². The summed E-state index contributed by atoms with van der Waals surface area (Å²) >= 11 is 0. The van der Waals surface area contributed by atoms with Gasteiger partial charge >= 0.3 is 0 Å². The lowest BCUT2D eigenvalue weighted by molar-refractivity contribution is 0.0993. The predicted molar refractivity (Wildman–Crippen MR) is 106 cm³/mol. The van der Waals surface area contributed by atoms with Gasteiger partial charge in [-0.1, -0.05) is 6.07 Å². The van der Waals surface area contributed by atoms with Gasteiger partial charge in [-0.05, 0) is 41.5 Å². The van der Waals surface area contributed by atoms with E-state index in [1.54, 1.807) is 18.7 Å². The molecule has 0 bridgehead atoms. The van der Waals surface area contributed by atoms with Crippen LogP contribution in [-0.4, -0.2) is 36.9 Å². The van der Waals surface area contributed by atoms with Crippen LogP contribution in [-0.2, 0) is 6.42 Å². The first-order valence-electron chi connectivity index (χ1n) is 9.06. The van der Waals surface area contributed by atoms with Gasteiger partial charge in [0.25, 0.3) is 0 Å². The Bertz CT molecular complexity index is 914. The first kappa shape index (κ1) is 17.3. The lowest BCUT2D eigenvalue weighted by Crippen LogP contribution is -2.43. The van der Waals surface area contributed by atoms with Crippen LogP contribution >= 0.6 is 0 Å². The van der Waals surface area contributed by atoms with Gasteiger partial charge in [-0.25, -0.2) is 4.98 Å². The van der Waals surface area contributed by atoms with E-state index >= 15 is 0 Å². The van der Waals surface area contributed by atoms with Crippen molar-refractivity contribution in [3.8, 4) is 11.1 Å². The number of hydrogen-bond acceptors (Lipinski definition) is 6. The number of rotatable bonds is 5. The molecule has 3 aromatic rings. The first-order chi connectivity index (χ1) is 13.2. The van der Waals surface area contributed by atoms with Crippen LogP contribution in [0.2, 0.25) is 0 Å². The number of aromatic nitrogens is 1. The molecule has 0 unspecified atom stereocenters. The second-order valence-corrected chi connectivity index (χ2v) is 6.67. The number of nitrogens with two attached hydrogens (primary N) is 1. The number of ketones is 1. The second-order valence-electron chi connectivity index (χ2n) is 6.67. The zero-order valence-corrected chi connectivity index (χ0v) is 15.0. The average molecular weight is 362 g/mol. The van der Waals surface area contributed by atoms with Gasteiger partial charge in [0, 0.05) is 55.6 Å². The Labute approximate surface area is 158 Å². The minimum absolute atomic E-state index is 0.00500. The zero-order valence-electron chi connectivity index (χ0n) is 15.0. The third-order valence-electron chi connectivity index (χ3n) is 4.86. The molecule has 1 saturated heterocycles. The van der Waals surface area contributed by atoms with E-state index in [0.29, 0.717) is 11.3 Å². The number of furan rings is 1. The summed E-state index contributed by atoms with van der Waals surface area (Å²) in [5.41, 5.74) is 10.1. The van der Waals surface area contributed by atoms with Crippen LogP contribution in [0.3, 0.4) is 0 Å². The van der Waals surface area contributed by atoms with Gasteiger partial charge in [-0.2, -0.15) is 0 Å². The van der Waals surface area contributed by atoms with Crippen molar-refractivity contribution in [2.45, 2.75) is 6.42 Å². The number of nitrogens with zero attached hydrogens (tertiary/aromatic N) is 2. The minimum Gasteiger partial charge on any atom is -0.472 e. The molecule has 1 aliphatic rings. The number of hydrogen-bond donors (Lipinski definition) is 2. The Balaban J connectivity index is 1.49. The fourth-order valence-corrected chi connectivity index (χ4v) is 3.27. The number of nitrogen functional groups attached to an aromatic ring is 1. The van der Waals surface area contributed by atoms with Crippen molar-refractivity contribution in [3.63, 3.8) is 0 Å². The van der Waals surface area contributed by atoms with E-state index in [0.717, 1.165) is 48.7 Å². The molecule has 0 aliphatic carbocycles. The average Bonchev–Trinajstić information content (AvgIpc) is 3.25. The number of anilines is 2. The Kier molecular flexibility index (Phi) is 4.89. The fourth-order valence-electron chi connectivity index (χ4n) is 3.27. The number of benzene rings is 1. The van der Waals surface area contributed by atoms with Gasteiger partial charge in [0.1, 0.15) is 5.82 Å². The SMILES string of the molecule is Nc1ccc(-c2ccoc2)cc1CC(=O)c1ccc(N2CCNCC2)nc1. The Morgan fingerprint density at radius 2 is 2.00 bits per heavy atom. The minimum atomic E-state index is 0.00500. The third kappa shape index (κ3) is 3.85.